The van der Waals surface area contributed by atoms with E-state index < -0.39 is 9.84 Å². The Morgan fingerprint density at radius 3 is 2.76 bits per heavy atom. The van der Waals surface area contributed by atoms with Gasteiger partial charge in [-0.05, 0) is 43.3 Å². The highest BCUT2D eigenvalue weighted by Gasteiger charge is 2.40. The highest BCUT2D eigenvalue weighted by atomic mass is 32.2. The van der Waals surface area contributed by atoms with Crippen molar-refractivity contribution in [3.8, 4) is 0 Å². The van der Waals surface area contributed by atoms with Gasteiger partial charge in [-0.3, -0.25) is 4.99 Å². The number of nitrogens with zero attached hydrogens (tertiary/aromatic N) is 2. The van der Waals surface area contributed by atoms with E-state index in [9.17, 15) is 8.42 Å². The minimum atomic E-state index is -2.81. The predicted octanol–water partition coefficient (Wildman–Crippen LogP) is 2.39. The molecule has 0 aromatic carbocycles. The van der Waals surface area contributed by atoms with Gasteiger partial charge in [-0.1, -0.05) is 19.3 Å². The molecule has 5 nitrogen and oxygen atoms in total. The molecule has 3 fully saturated rings. The fraction of sp³-hybridized carbons (Fsp3) is 0.944. The van der Waals surface area contributed by atoms with Gasteiger partial charge in [0, 0.05) is 31.9 Å². The summed E-state index contributed by atoms with van der Waals surface area (Å²) in [6, 6.07) is 0. The first-order valence-corrected chi connectivity index (χ1v) is 13.0. The highest BCUT2D eigenvalue weighted by molar-refractivity contribution is 7.98. The van der Waals surface area contributed by atoms with Crippen molar-refractivity contribution in [2.45, 2.75) is 44.9 Å². The van der Waals surface area contributed by atoms with Gasteiger partial charge in [0.15, 0.2) is 15.8 Å². The van der Waals surface area contributed by atoms with Gasteiger partial charge in [0.2, 0.25) is 0 Å². The standard InChI is InChI=1S/C18H33N3O2S2/c1-24-11-9-19-17(20-13-16-5-12-25(22,23)14-16)21-10-8-18(15-21)6-3-2-4-7-18/h16H,2-15H2,1H3,(H,19,20). The van der Waals surface area contributed by atoms with Crippen molar-refractivity contribution in [1.82, 2.24) is 10.2 Å². The second-order valence-corrected chi connectivity index (χ2v) is 11.3. The topological polar surface area (TPSA) is 61.8 Å². The maximum absolute atomic E-state index is 11.7. The Bertz CT molecular complexity index is 571. The fourth-order valence-corrected chi connectivity index (χ4v) is 6.75. The normalized spacial score (nSPS) is 28.6. The zero-order valence-corrected chi connectivity index (χ0v) is 17.1. The van der Waals surface area contributed by atoms with Crippen molar-refractivity contribution < 1.29 is 8.42 Å². The highest BCUT2D eigenvalue weighted by Crippen LogP contribution is 2.43. The maximum atomic E-state index is 11.7. The van der Waals surface area contributed by atoms with Crippen LogP contribution in [0.2, 0.25) is 0 Å². The van der Waals surface area contributed by atoms with E-state index in [1.54, 1.807) is 0 Å². The average Bonchev–Trinajstić information content (AvgIpc) is 3.15. The average molecular weight is 388 g/mol. The summed E-state index contributed by atoms with van der Waals surface area (Å²) in [4.78, 5) is 7.30. The van der Waals surface area contributed by atoms with Gasteiger partial charge >= 0.3 is 0 Å². The fourth-order valence-electron chi connectivity index (χ4n) is 4.59. The van der Waals surface area contributed by atoms with Crippen molar-refractivity contribution in [2.75, 3.05) is 49.7 Å². The number of likely N-dealkylation sites (tertiary alicyclic amines) is 1. The summed E-state index contributed by atoms with van der Waals surface area (Å²) in [7, 11) is -2.81. The summed E-state index contributed by atoms with van der Waals surface area (Å²) in [5.41, 5.74) is 0.511. The summed E-state index contributed by atoms with van der Waals surface area (Å²) in [5.74, 6) is 2.94. The van der Waals surface area contributed by atoms with Crippen molar-refractivity contribution in [2.24, 2.45) is 16.3 Å². The molecule has 144 valence electrons. The molecule has 1 N–H and O–H groups in total. The smallest absolute Gasteiger partial charge is 0.193 e. The zero-order chi connectivity index (χ0) is 17.8. The predicted molar refractivity (Wildman–Crippen MR) is 107 cm³/mol. The SMILES string of the molecule is CSCCNC(=NCC1CCS(=O)(=O)C1)N1CCC2(CCCCC2)C1. The molecule has 1 unspecified atom stereocenters. The van der Waals surface area contributed by atoms with Crippen LogP contribution in [0.3, 0.4) is 0 Å². The van der Waals surface area contributed by atoms with Crippen LogP contribution in [0, 0.1) is 11.3 Å². The van der Waals surface area contributed by atoms with Gasteiger partial charge in [-0.2, -0.15) is 11.8 Å². The third-order valence-corrected chi connectivity index (χ3v) is 8.52. The first kappa shape index (κ1) is 19.3. The molecule has 3 rings (SSSR count). The third kappa shape index (κ3) is 5.28. The molecule has 0 aromatic heterocycles. The zero-order valence-electron chi connectivity index (χ0n) is 15.5. The summed E-state index contributed by atoms with van der Waals surface area (Å²) < 4.78 is 23.4. The van der Waals surface area contributed by atoms with E-state index in [1.165, 1.54) is 38.5 Å². The number of hydrogen-bond acceptors (Lipinski definition) is 4. The van der Waals surface area contributed by atoms with Crippen LogP contribution in [0.15, 0.2) is 4.99 Å². The number of sulfone groups is 1. The molecule has 1 saturated carbocycles. The molecule has 3 aliphatic rings. The summed E-state index contributed by atoms with van der Waals surface area (Å²) in [5, 5.41) is 3.53. The van der Waals surface area contributed by atoms with E-state index in [-0.39, 0.29) is 5.92 Å². The molecular weight excluding hydrogens is 354 g/mol. The number of aliphatic imine (C=N–C) groups is 1. The minimum Gasteiger partial charge on any atom is -0.355 e. The Morgan fingerprint density at radius 2 is 2.08 bits per heavy atom. The molecule has 25 heavy (non-hydrogen) atoms. The van der Waals surface area contributed by atoms with Crippen molar-refractivity contribution in [1.29, 1.82) is 0 Å². The molecule has 0 aromatic rings. The van der Waals surface area contributed by atoms with Gasteiger partial charge < -0.3 is 10.2 Å². The van der Waals surface area contributed by atoms with Gasteiger partial charge in [-0.15, -0.1) is 0 Å². The van der Waals surface area contributed by atoms with Crippen LogP contribution in [-0.2, 0) is 9.84 Å². The summed E-state index contributed by atoms with van der Waals surface area (Å²) in [6.07, 6.45) is 11.0. The van der Waals surface area contributed by atoms with E-state index in [1.807, 2.05) is 11.8 Å². The third-order valence-electron chi connectivity index (χ3n) is 6.07. The van der Waals surface area contributed by atoms with E-state index in [4.69, 9.17) is 4.99 Å². The molecule has 2 heterocycles. The molecular formula is C18H33N3O2S2. The first-order valence-electron chi connectivity index (χ1n) is 9.75. The minimum absolute atomic E-state index is 0.202. The summed E-state index contributed by atoms with van der Waals surface area (Å²) in [6.45, 7) is 3.78. The van der Waals surface area contributed by atoms with Gasteiger partial charge in [0.1, 0.15) is 0 Å². The first-order chi connectivity index (χ1) is 12.0. The molecule has 1 spiro atoms. The Hall–Kier alpha value is -0.430. The number of guanidine groups is 1. The van der Waals surface area contributed by atoms with Crippen LogP contribution < -0.4 is 5.32 Å². The summed E-state index contributed by atoms with van der Waals surface area (Å²) >= 11 is 1.84. The number of nitrogens with one attached hydrogen (secondary N) is 1. The quantitative estimate of drug-likeness (QED) is 0.446. The molecule has 0 radical (unpaired) electrons. The van der Waals surface area contributed by atoms with Crippen LogP contribution in [0.5, 0.6) is 0 Å². The van der Waals surface area contributed by atoms with Gasteiger partial charge in [0.25, 0.3) is 0 Å². The van der Waals surface area contributed by atoms with Crippen molar-refractivity contribution >= 4 is 27.6 Å². The molecule has 2 saturated heterocycles. The van der Waals surface area contributed by atoms with Crippen LogP contribution in [-0.4, -0.2) is 69.0 Å². The largest absolute Gasteiger partial charge is 0.355 e. The van der Waals surface area contributed by atoms with E-state index >= 15 is 0 Å². The van der Waals surface area contributed by atoms with Crippen LogP contribution in [0.4, 0.5) is 0 Å². The number of rotatable bonds is 5. The van der Waals surface area contributed by atoms with Crippen molar-refractivity contribution in [3.05, 3.63) is 0 Å². The van der Waals surface area contributed by atoms with Gasteiger partial charge in [-0.25, -0.2) is 8.42 Å². The second-order valence-electron chi connectivity index (χ2n) is 8.09. The van der Waals surface area contributed by atoms with Crippen LogP contribution in [0.1, 0.15) is 44.9 Å². The number of hydrogen-bond donors (Lipinski definition) is 1. The molecule has 1 atom stereocenters. The van der Waals surface area contributed by atoms with E-state index in [2.05, 4.69) is 16.5 Å². The Kier molecular flexibility index (Phi) is 6.58. The van der Waals surface area contributed by atoms with E-state index in [0.29, 0.717) is 23.5 Å². The second kappa shape index (κ2) is 8.51. The lowest BCUT2D eigenvalue weighted by molar-refractivity contribution is 0.203. The Labute approximate surface area is 157 Å². The molecule has 7 heteroatoms. The van der Waals surface area contributed by atoms with Crippen LogP contribution in [0.25, 0.3) is 0 Å². The lowest BCUT2D eigenvalue weighted by atomic mass is 9.73. The maximum Gasteiger partial charge on any atom is 0.193 e. The molecule has 0 bridgehead atoms. The monoisotopic (exact) mass is 387 g/mol. The Morgan fingerprint density at radius 1 is 1.28 bits per heavy atom. The Balaban J connectivity index is 1.61. The number of thioether (sulfide) groups is 1. The lowest BCUT2D eigenvalue weighted by Crippen LogP contribution is -2.42. The van der Waals surface area contributed by atoms with Gasteiger partial charge in [0.05, 0.1) is 11.5 Å². The lowest BCUT2D eigenvalue weighted by Gasteiger charge is -2.33. The van der Waals surface area contributed by atoms with Crippen molar-refractivity contribution in [3.63, 3.8) is 0 Å². The molecule has 0 amide bonds. The molecule has 2 aliphatic heterocycles. The molecule has 1 aliphatic carbocycles. The van der Waals surface area contributed by atoms with E-state index in [0.717, 1.165) is 37.8 Å². The van der Waals surface area contributed by atoms with Crippen LogP contribution >= 0.6 is 11.8 Å².